The fraction of sp³-hybridized carbons (Fsp3) is 0.565. The molecule has 0 saturated carbocycles. The van der Waals surface area contributed by atoms with Crippen LogP contribution in [-0.4, -0.2) is 16.1 Å². The van der Waals surface area contributed by atoms with Gasteiger partial charge in [-0.25, -0.2) is 14.4 Å². The number of hydrogen-bond donors (Lipinski definition) is 0. The van der Waals surface area contributed by atoms with Crippen molar-refractivity contribution in [3.05, 3.63) is 47.8 Å². The summed E-state index contributed by atoms with van der Waals surface area (Å²) in [4.78, 5) is 8.95. The predicted octanol–water partition coefficient (Wildman–Crippen LogP) is 6.73. The lowest BCUT2D eigenvalue weighted by Crippen LogP contribution is -1.96. The van der Waals surface area contributed by atoms with Gasteiger partial charge in [-0.1, -0.05) is 63.3 Å². The number of alkyl halides is 1. The number of aromatic nitrogens is 2. The van der Waals surface area contributed by atoms with Crippen molar-refractivity contribution in [1.29, 1.82) is 0 Å². The minimum atomic E-state index is -0.731. The van der Waals surface area contributed by atoms with Crippen LogP contribution in [0.15, 0.2) is 36.7 Å². The lowest BCUT2D eigenvalue weighted by molar-refractivity contribution is 0.334. The van der Waals surface area contributed by atoms with Crippen molar-refractivity contribution in [2.24, 2.45) is 0 Å². The molecule has 1 aromatic carbocycles. The molecule has 0 aliphatic heterocycles. The van der Waals surface area contributed by atoms with Crippen LogP contribution in [-0.2, 0) is 12.8 Å². The minimum Gasteiger partial charge on any atom is -0.248 e. The highest BCUT2D eigenvalue weighted by Gasteiger charge is 2.04. The first kappa shape index (κ1) is 20.5. The van der Waals surface area contributed by atoms with Gasteiger partial charge in [-0.3, -0.25) is 0 Å². The minimum absolute atomic E-state index is 0.599. The van der Waals surface area contributed by atoms with Crippen molar-refractivity contribution in [2.45, 2.75) is 84.2 Å². The molecule has 2 nitrogen and oxygen atoms in total. The fourth-order valence-corrected chi connectivity index (χ4v) is 3.15. The van der Waals surface area contributed by atoms with E-state index in [-0.39, 0.29) is 0 Å². The standard InChI is InChI=1S/C23H33FN2/c1-3-4-5-6-7-8-11-20-13-15-22(16-14-20)23-25-17-21(18-26-23)12-9-10-19(2)24/h13-19H,3-12H2,1-2H3. The van der Waals surface area contributed by atoms with E-state index in [0.29, 0.717) is 6.42 Å². The molecule has 2 aromatic rings. The third-order valence-corrected chi connectivity index (χ3v) is 4.80. The molecule has 0 amide bonds. The van der Waals surface area contributed by atoms with Crippen molar-refractivity contribution in [1.82, 2.24) is 9.97 Å². The molecule has 0 N–H and O–H groups in total. The van der Waals surface area contributed by atoms with Crippen LogP contribution in [0.1, 0.15) is 76.3 Å². The van der Waals surface area contributed by atoms with Crippen molar-refractivity contribution in [3.8, 4) is 11.4 Å². The molecule has 0 bridgehead atoms. The van der Waals surface area contributed by atoms with Crippen LogP contribution >= 0.6 is 0 Å². The quantitative estimate of drug-likeness (QED) is 0.394. The molecule has 0 fully saturated rings. The van der Waals surface area contributed by atoms with Crippen LogP contribution in [0, 0.1) is 0 Å². The highest BCUT2D eigenvalue weighted by atomic mass is 19.1. The van der Waals surface area contributed by atoms with Crippen LogP contribution in [0.25, 0.3) is 11.4 Å². The second-order valence-corrected chi connectivity index (χ2v) is 7.30. The Hall–Kier alpha value is -1.77. The summed E-state index contributed by atoms with van der Waals surface area (Å²) in [7, 11) is 0. The van der Waals surface area contributed by atoms with Crippen molar-refractivity contribution >= 4 is 0 Å². The molecule has 2 rings (SSSR count). The highest BCUT2D eigenvalue weighted by molar-refractivity contribution is 5.55. The van der Waals surface area contributed by atoms with Gasteiger partial charge in [0.05, 0.1) is 6.17 Å². The van der Waals surface area contributed by atoms with Gasteiger partial charge in [-0.2, -0.15) is 0 Å². The molecule has 0 radical (unpaired) electrons. The zero-order valence-electron chi connectivity index (χ0n) is 16.4. The first-order valence-electron chi connectivity index (χ1n) is 10.2. The number of halogens is 1. The number of rotatable bonds is 12. The van der Waals surface area contributed by atoms with Crippen LogP contribution in [0.2, 0.25) is 0 Å². The summed E-state index contributed by atoms with van der Waals surface area (Å²) < 4.78 is 12.8. The Labute approximate surface area is 158 Å². The first-order valence-corrected chi connectivity index (χ1v) is 10.2. The number of nitrogens with zero attached hydrogens (tertiary/aromatic N) is 2. The van der Waals surface area contributed by atoms with E-state index >= 15 is 0 Å². The van der Waals surface area contributed by atoms with E-state index in [1.165, 1.54) is 44.1 Å². The van der Waals surface area contributed by atoms with Crippen LogP contribution in [0.4, 0.5) is 4.39 Å². The Morgan fingerprint density at radius 3 is 2.08 bits per heavy atom. The van der Waals surface area contributed by atoms with E-state index in [4.69, 9.17) is 0 Å². The number of aryl methyl sites for hydroxylation is 2. The normalized spacial score (nSPS) is 12.3. The van der Waals surface area contributed by atoms with E-state index in [0.717, 1.165) is 36.2 Å². The molecule has 0 aliphatic rings. The smallest absolute Gasteiger partial charge is 0.159 e. The Balaban J connectivity index is 1.78. The fourth-order valence-electron chi connectivity index (χ4n) is 3.15. The average Bonchev–Trinajstić information content (AvgIpc) is 2.65. The maximum atomic E-state index is 12.8. The lowest BCUT2D eigenvalue weighted by Gasteiger charge is -2.06. The molecular weight excluding hydrogens is 323 g/mol. The van der Waals surface area contributed by atoms with E-state index in [2.05, 4.69) is 41.2 Å². The number of hydrogen-bond acceptors (Lipinski definition) is 2. The average molecular weight is 357 g/mol. The second kappa shape index (κ2) is 11.8. The summed E-state index contributed by atoms with van der Waals surface area (Å²) in [6.45, 7) is 3.86. The Bertz CT molecular complexity index is 605. The van der Waals surface area contributed by atoms with Crippen LogP contribution in [0.5, 0.6) is 0 Å². The molecule has 1 heterocycles. The molecule has 0 aliphatic carbocycles. The third-order valence-electron chi connectivity index (χ3n) is 4.80. The Morgan fingerprint density at radius 2 is 1.42 bits per heavy atom. The van der Waals surface area contributed by atoms with Crippen molar-refractivity contribution in [3.63, 3.8) is 0 Å². The van der Waals surface area contributed by atoms with Crippen molar-refractivity contribution in [2.75, 3.05) is 0 Å². The van der Waals surface area contributed by atoms with Gasteiger partial charge in [0.2, 0.25) is 0 Å². The van der Waals surface area contributed by atoms with E-state index in [9.17, 15) is 4.39 Å². The summed E-state index contributed by atoms with van der Waals surface area (Å²) in [5.74, 6) is 0.763. The summed E-state index contributed by atoms with van der Waals surface area (Å²) in [5.41, 5.74) is 3.52. The Morgan fingerprint density at radius 1 is 0.808 bits per heavy atom. The third kappa shape index (κ3) is 7.63. The van der Waals surface area contributed by atoms with Gasteiger partial charge < -0.3 is 0 Å². The van der Waals surface area contributed by atoms with E-state index in [1.807, 2.05) is 12.4 Å². The second-order valence-electron chi connectivity index (χ2n) is 7.30. The first-order chi connectivity index (χ1) is 12.7. The molecule has 26 heavy (non-hydrogen) atoms. The highest BCUT2D eigenvalue weighted by Crippen LogP contribution is 2.18. The predicted molar refractivity (Wildman–Crippen MR) is 108 cm³/mol. The summed E-state index contributed by atoms with van der Waals surface area (Å²) in [5, 5.41) is 0. The molecule has 142 valence electrons. The zero-order chi connectivity index (χ0) is 18.6. The SMILES string of the molecule is CCCCCCCCc1ccc(-c2ncc(CCCC(C)F)cn2)cc1. The maximum absolute atomic E-state index is 12.8. The molecule has 1 unspecified atom stereocenters. The van der Waals surface area contributed by atoms with Crippen LogP contribution < -0.4 is 0 Å². The monoisotopic (exact) mass is 356 g/mol. The summed E-state index contributed by atoms with van der Waals surface area (Å²) >= 11 is 0. The van der Waals surface area contributed by atoms with Gasteiger partial charge in [0.15, 0.2) is 5.82 Å². The van der Waals surface area contributed by atoms with Gasteiger partial charge >= 0.3 is 0 Å². The molecular formula is C23H33FN2. The largest absolute Gasteiger partial charge is 0.248 e. The summed E-state index contributed by atoms with van der Waals surface area (Å²) in [6.07, 6.45) is 14.4. The van der Waals surface area contributed by atoms with E-state index < -0.39 is 6.17 Å². The molecule has 1 atom stereocenters. The van der Waals surface area contributed by atoms with E-state index in [1.54, 1.807) is 6.92 Å². The van der Waals surface area contributed by atoms with Gasteiger partial charge in [0, 0.05) is 18.0 Å². The van der Waals surface area contributed by atoms with Gasteiger partial charge in [-0.15, -0.1) is 0 Å². The number of benzene rings is 1. The zero-order valence-corrected chi connectivity index (χ0v) is 16.4. The van der Waals surface area contributed by atoms with Crippen LogP contribution in [0.3, 0.4) is 0 Å². The lowest BCUT2D eigenvalue weighted by atomic mass is 10.0. The topological polar surface area (TPSA) is 25.8 Å². The maximum Gasteiger partial charge on any atom is 0.159 e. The summed E-state index contributed by atoms with van der Waals surface area (Å²) in [6, 6.07) is 8.63. The van der Waals surface area contributed by atoms with Crippen molar-refractivity contribution < 1.29 is 4.39 Å². The number of unbranched alkanes of at least 4 members (excludes halogenated alkanes) is 5. The molecule has 0 saturated heterocycles. The van der Waals surface area contributed by atoms with Gasteiger partial charge in [0.1, 0.15) is 0 Å². The molecule has 1 aromatic heterocycles. The van der Waals surface area contributed by atoms with Gasteiger partial charge in [0.25, 0.3) is 0 Å². The molecule has 3 heteroatoms. The molecule has 0 spiro atoms. The Kier molecular flexibility index (Phi) is 9.30. The van der Waals surface area contributed by atoms with Gasteiger partial charge in [-0.05, 0) is 50.2 Å².